The van der Waals surface area contributed by atoms with Crippen molar-refractivity contribution in [3.63, 3.8) is 0 Å². The molecule has 0 aromatic heterocycles. The molecule has 0 saturated heterocycles. The summed E-state index contributed by atoms with van der Waals surface area (Å²) in [4.78, 5) is 2.33. The molecule has 0 aliphatic carbocycles. The van der Waals surface area contributed by atoms with E-state index in [9.17, 15) is 0 Å². The number of hydrogen-bond acceptors (Lipinski definition) is 1. The minimum atomic E-state index is 0.266. The molecule has 0 unspecified atom stereocenters. The van der Waals surface area contributed by atoms with Crippen LogP contribution in [0.15, 0.2) is 29.8 Å². The van der Waals surface area contributed by atoms with Crippen molar-refractivity contribution >= 4 is 11.8 Å². The van der Waals surface area contributed by atoms with Crippen LogP contribution >= 0.6 is 0 Å². The molecule has 80 valence electrons. The van der Waals surface area contributed by atoms with E-state index in [1.807, 2.05) is 0 Å². The van der Waals surface area contributed by atoms with Gasteiger partial charge in [0.05, 0.1) is 0 Å². The maximum absolute atomic E-state index is 2.34. The molecule has 15 heavy (non-hydrogen) atoms. The minimum absolute atomic E-state index is 0.266. The molecule has 0 atom stereocenters. The van der Waals surface area contributed by atoms with Gasteiger partial charge in [0, 0.05) is 19.3 Å². The molecule has 1 aliphatic rings. The predicted octanol–water partition coefficient (Wildman–Crippen LogP) is 3.57. The zero-order valence-corrected chi connectivity index (χ0v) is 10.0. The van der Waals surface area contributed by atoms with Crippen LogP contribution in [-0.4, -0.2) is 13.6 Å². The Kier molecular flexibility index (Phi) is 2.34. The van der Waals surface area contributed by atoms with Crippen molar-refractivity contribution in [2.24, 2.45) is 5.41 Å². The fourth-order valence-electron chi connectivity index (χ4n) is 1.98. The summed E-state index contributed by atoms with van der Waals surface area (Å²) in [5.74, 6) is 0. The Labute approximate surface area is 92.4 Å². The van der Waals surface area contributed by atoms with Crippen molar-refractivity contribution in [2.45, 2.75) is 20.8 Å². The van der Waals surface area contributed by atoms with Gasteiger partial charge in [-0.2, -0.15) is 0 Å². The molecule has 0 saturated carbocycles. The van der Waals surface area contributed by atoms with Crippen molar-refractivity contribution in [3.05, 3.63) is 35.4 Å². The maximum atomic E-state index is 2.34. The van der Waals surface area contributed by atoms with Gasteiger partial charge >= 0.3 is 0 Å². The van der Waals surface area contributed by atoms with E-state index >= 15 is 0 Å². The van der Waals surface area contributed by atoms with E-state index in [1.54, 1.807) is 0 Å². The lowest BCUT2D eigenvalue weighted by atomic mass is 9.83. The SMILES string of the molecule is CN1CC(C(C)(C)C)=Cc2ccccc21. The number of rotatable bonds is 0. The van der Waals surface area contributed by atoms with Crippen LogP contribution in [0.25, 0.3) is 6.08 Å². The zero-order valence-electron chi connectivity index (χ0n) is 10.0. The molecule has 1 aromatic rings. The Balaban J connectivity index is 2.48. The third-order valence-corrected chi connectivity index (χ3v) is 3.05. The first-order valence-corrected chi connectivity index (χ1v) is 5.50. The number of hydrogen-bond donors (Lipinski definition) is 0. The van der Waals surface area contributed by atoms with Crippen molar-refractivity contribution < 1.29 is 0 Å². The summed E-state index contributed by atoms with van der Waals surface area (Å²) in [6.07, 6.45) is 2.34. The molecular formula is C14H19N. The van der Waals surface area contributed by atoms with Crippen LogP contribution in [0.5, 0.6) is 0 Å². The van der Waals surface area contributed by atoms with Crippen molar-refractivity contribution in [2.75, 3.05) is 18.5 Å². The van der Waals surface area contributed by atoms with Crippen LogP contribution in [0.1, 0.15) is 26.3 Å². The number of anilines is 1. The summed E-state index contributed by atoms with van der Waals surface area (Å²) in [5, 5.41) is 0. The molecule has 1 aliphatic heterocycles. The summed E-state index contributed by atoms with van der Waals surface area (Å²) < 4.78 is 0. The van der Waals surface area contributed by atoms with Gasteiger partial charge in [-0.1, -0.05) is 45.0 Å². The van der Waals surface area contributed by atoms with Gasteiger partial charge in [0.25, 0.3) is 0 Å². The van der Waals surface area contributed by atoms with Crippen LogP contribution in [0, 0.1) is 5.41 Å². The average molecular weight is 201 g/mol. The van der Waals surface area contributed by atoms with Crippen LogP contribution in [-0.2, 0) is 0 Å². The molecule has 0 bridgehead atoms. The Bertz CT molecular complexity index is 396. The molecule has 1 heteroatoms. The van der Waals surface area contributed by atoms with E-state index < -0.39 is 0 Å². The number of benzene rings is 1. The second-order valence-corrected chi connectivity index (χ2v) is 5.33. The van der Waals surface area contributed by atoms with E-state index in [1.165, 1.54) is 16.8 Å². The van der Waals surface area contributed by atoms with Gasteiger partial charge in [-0.15, -0.1) is 0 Å². The van der Waals surface area contributed by atoms with Crippen molar-refractivity contribution in [1.29, 1.82) is 0 Å². The highest BCUT2D eigenvalue weighted by Gasteiger charge is 2.22. The fraction of sp³-hybridized carbons (Fsp3) is 0.429. The highest BCUT2D eigenvalue weighted by atomic mass is 15.1. The van der Waals surface area contributed by atoms with Crippen LogP contribution in [0.4, 0.5) is 5.69 Å². The van der Waals surface area contributed by atoms with Crippen molar-refractivity contribution in [1.82, 2.24) is 0 Å². The second-order valence-electron chi connectivity index (χ2n) is 5.33. The van der Waals surface area contributed by atoms with Crippen LogP contribution in [0.2, 0.25) is 0 Å². The molecule has 1 nitrogen and oxygen atoms in total. The Morgan fingerprint density at radius 2 is 1.80 bits per heavy atom. The molecule has 1 heterocycles. The quantitative estimate of drug-likeness (QED) is 0.620. The Morgan fingerprint density at radius 3 is 2.47 bits per heavy atom. The lowest BCUT2D eigenvalue weighted by Gasteiger charge is -2.33. The van der Waals surface area contributed by atoms with E-state index in [-0.39, 0.29) is 5.41 Å². The number of para-hydroxylation sites is 1. The summed E-state index contributed by atoms with van der Waals surface area (Å²) in [6.45, 7) is 7.88. The lowest BCUT2D eigenvalue weighted by Crippen LogP contribution is -2.29. The fourth-order valence-corrected chi connectivity index (χ4v) is 1.98. The monoisotopic (exact) mass is 201 g/mol. The molecule has 0 radical (unpaired) electrons. The molecule has 0 N–H and O–H groups in total. The second kappa shape index (κ2) is 3.41. The third-order valence-electron chi connectivity index (χ3n) is 3.05. The summed E-state index contributed by atoms with van der Waals surface area (Å²) in [6, 6.07) is 8.59. The van der Waals surface area contributed by atoms with Gasteiger partial charge in [0.2, 0.25) is 0 Å². The summed E-state index contributed by atoms with van der Waals surface area (Å²) in [5.41, 5.74) is 4.45. The Morgan fingerprint density at radius 1 is 1.13 bits per heavy atom. The van der Waals surface area contributed by atoms with E-state index in [0.717, 1.165) is 6.54 Å². The molecule has 1 aromatic carbocycles. The first-order chi connectivity index (χ1) is 6.98. The van der Waals surface area contributed by atoms with Gasteiger partial charge in [-0.25, -0.2) is 0 Å². The number of fused-ring (bicyclic) bond motifs is 1. The van der Waals surface area contributed by atoms with Gasteiger partial charge in [-0.05, 0) is 22.6 Å². The van der Waals surface area contributed by atoms with Crippen molar-refractivity contribution in [3.8, 4) is 0 Å². The topological polar surface area (TPSA) is 3.24 Å². The molecular weight excluding hydrogens is 182 g/mol. The number of likely N-dealkylation sites (N-methyl/N-ethyl adjacent to an activating group) is 1. The summed E-state index contributed by atoms with van der Waals surface area (Å²) >= 11 is 0. The highest BCUT2D eigenvalue weighted by molar-refractivity contribution is 5.73. The standard InChI is InChI=1S/C14H19N/c1-14(2,3)12-9-11-7-5-6-8-13(11)15(4)10-12/h5-9H,10H2,1-4H3. The van der Waals surface area contributed by atoms with Crippen LogP contribution in [0.3, 0.4) is 0 Å². The van der Waals surface area contributed by atoms with E-state index in [4.69, 9.17) is 0 Å². The predicted molar refractivity (Wildman–Crippen MR) is 67.1 cm³/mol. The molecule has 0 spiro atoms. The van der Waals surface area contributed by atoms with Crippen LogP contribution < -0.4 is 4.90 Å². The zero-order chi connectivity index (χ0) is 11.1. The van der Waals surface area contributed by atoms with E-state index in [0.29, 0.717) is 0 Å². The lowest BCUT2D eigenvalue weighted by molar-refractivity contribution is 0.495. The maximum Gasteiger partial charge on any atom is 0.0440 e. The van der Waals surface area contributed by atoms with Gasteiger partial charge in [-0.3, -0.25) is 0 Å². The van der Waals surface area contributed by atoms with E-state index in [2.05, 4.69) is 63.1 Å². The molecule has 0 amide bonds. The first kappa shape index (κ1) is 10.3. The van der Waals surface area contributed by atoms with Gasteiger partial charge in [0.15, 0.2) is 0 Å². The Hall–Kier alpha value is -1.24. The normalized spacial score (nSPS) is 16.0. The summed E-state index contributed by atoms with van der Waals surface area (Å²) in [7, 11) is 2.16. The largest absolute Gasteiger partial charge is 0.370 e. The smallest absolute Gasteiger partial charge is 0.0440 e. The number of nitrogens with zero attached hydrogens (tertiary/aromatic N) is 1. The third kappa shape index (κ3) is 1.92. The highest BCUT2D eigenvalue weighted by Crippen LogP contribution is 2.35. The van der Waals surface area contributed by atoms with Gasteiger partial charge in [0.1, 0.15) is 0 Å². The van der Waals surface area contributed by atoms with Gasteiger partial charge < -0.3 is 4.90 Å². The first-order valence-electron chi connectivity index (χ1n) is 5.50. The molecule has 2 rings (SSSR count). The minimum Gasteiger partial charge on any atom is -0.370 e. The molecule has 0 fully saturated rings. The average Bonchev–Trinajstić information content (AvgIpc) is 2.16.